The molecule has 0 heterocycles. The molecule has 208 valence electrons. The van der Waals surface area contributed by atoms with Gasteiger partial charge in [0.2, 0.25) is 21.8 Å². The highest BCUT2D eigenvalue weighted by molar-refractivity contribution is 7.92. The Labute approximate surface area is 227 Å². The number of hydrogen-bond acceptors (Lipinski definition) is 5. The van der Waals surface area contributed by atoms with Gasteiger partial charge in [-0.1, -0.05) is 50.5 Å². The summed E-state index contributed by atoms with van der Waals surface area (Å²) in [4.78, 5) is 28.9. The van der Waals surface area contributed by atoms with Gasteiger partial charge in [-0.05, 0) is 68.0 Å². The molecule has 1 aliphatic rings. The highest BCUT2D eigenvalue weighted by Gasteiger charge is 2.33. The summed E-state index contributed by atoms with van der Waals surface area (Å²) in [5.74, 6) is 0.000774. The highest BCUT2D eigenvalue weighted by atomic mass is 32.2. The summed E-state index contributed by atoms with van der Waals surface area (Å²) in [6.45, 7) is 5.31. The molecule has 9 heteroatoms. The number of methoxy groups -OCH3 is 1. The smallest absolute Gasteiger partial charge is 0.244 e. The molecule has 1 aliphatic carbocycles. The number of nitrogens with zero attached hydrogens (tertiary/aromatic N) is 2. The fraction of sp³-hybridized carbons (Fsp3) is 0.517. The van der Waals surface area contributed by atoms with Gasteiger partial charge in [-0.15, -0.1) is 0 Å². The summed E-state index contributed by atoms with van der Waals surface area (Å²) >= 11 is 0. The number of carbonyl (C=O) groups excluding carboxylic acids is 2. The van der Waals surface area contributed by atoms with E-state index in [-0.39, 0.29) is 18.5 Å². The van der Waals surface area contributed by atoms with Gasteiger partial charge in [0.05, 0.1) is 19.1 Å². The minimum atomic E-state index is -3.78. The number of anilines is 1. The molecule has 1 N–H and O–H groups in total. The molecule has 1 saturated carbocycles. The zero-order valence-corrected chi connectivity index (χ0v) is 24.0. The fourth-order valence-electron chi connectivity index (χ4n) is 5.01. The lowest BCUT2D eigenvalue weighted by Gasteiger charge is -2.34. The van der Waals surface area contributed by atoms with Crippen LogP contribution < -0.4 is 14.4 Å². The number of nitrogens with one attached hydrogen (secondary N) is 1. The fourth-order valence-corrected chi connectivity index (χ4v) is 5.91. The molecule has 0 aliphatic heterocycles. The van der Waals surface area contributed by atoms with E-state index >= 15 is 0 Å². The maximum absolute atomic E-state index is 13.9. The summed E-state index contributed by atoms with van der Waals surface area (Å²) in [5.41, 5.74) is 2.88. The number of amides is 2. The summed E-state index contributed by atoms with van der Waals surface area (Å²) < 4.78 is 32.3. The maximum atomic E-state index is 13.9. The molecule has 0 unspecified atom stereocenters. The Morgan fingerprint density at radius 2 is 1.79 bits per heavy atom. The molecule has 0 radical (unpaired) electrons. The van der Waals surface area contributed by atoms with E-state index in [9.17, 15) is 18.0 Å². The van der Waals surface area contributed by atoms with Gasteiger partial charge in [0.25, 0.3) is 0 Å². The van der Waals surface area contributed by atoms with E-state index in [0.29, 0.717) is 17.9 Å². The minimum Gasteiger partial charge on any atom is -0.497 e. The predicted molar refractivity (Wildman–Crippen MR) is 151 cm³/mol. The van der Waals surface area contributed by atoms with Crippen molar-refractivity contribution in [2.24, 2.45) is 0 Å². The molecule has 2 aromatic rings. The van der Waals surface area contributed by atoms with Crippen LogP contribution in [0.2, 0.25) is 0 Å². The van der Waals surface area contributed by atoms with E-state index in [1.165, 1.54) is 11.3 Å². The van der Waals surface area contributed by atoms with Crippen molar-refractivity contribution in [2.75, 3.05) is 24.2 Å². The van der Waals surface area contributed by atoms with Crippen molar-refractivity contribution in [2.45, 2.75) is 77.9 Å². The molecular formula is C29H41N3O5S. The van der Waals surface area contributed by atoms with Gasteiger partial charge in [0, 0.05) is 12.6 Å². The third-order valence-electron chi connectivity index (χ3n) is 7.14. The Morgan fingerprint density at radius 3 is 2.42 bits per heavy atom. The van der Waals surface area contributed by atoms with Crippen molar-refractivity contribution in [1.29, 1.82) is 0 Å². The van der Waals surface area contributed by atoms with Gasteiger partial charge >= 0.3 is 0 Å². The van der Waals surface area contributed by atoms with Gasteiger partial charge in [-0.25, -0.2) is 8.42 Å². The van der Waals surface area contributed by atoms with E-state index in [1.54, 1.807) is 13.2 Å². The highest BCUT2D eigenvalue weighted by Crippen LogP contribution is 2.25. The van der Waals surface area contributed by atoms with E-state index in [0.717, 1.165) is 52.9 Å². The van der Waals surface area contributed by atoms with Crippen LogP contribution in [0.3, 0.4) is 0 Å². The quantitative estimate of drug-likeness (QED) is 0.455. The molecule has 38 heavy (non-hydrogen) atoms. The van der Waals surface area contributed by atoms with Crippen molar-refractivity contribution in [3.8, 4) is 5.75 Å². The summed E-state index contributed by atoms with van der Waals surface area (Å²) in [6.07, 6.45) is 6.68. The second kappa shape index (κ2) is 13.1. The van der Waals surface area contributed by atoms with E-state index in [4.69, 9.17) is 4.74 Å². The standard InChI is InChI=1S/C29H41N3O5S/c1-6-26(29(34)30-24-12-8-7-9-13-24)31(19-23-11-10-14-25(18-23)37-4)28(33)20-32(38(5,35)36)27-17-21(2)15-16-22(27)3/h10-11,14-18,24,26H,6-9,12-13,19-20H2,1-5H3,(H,30,34)/t26-/m0/s1. The lowest BCUT2D eigenvalue weighted by molar-refractivity contribution is -0.140. The van der Waals surface area contributed by atoms with Crippen molar-refractivity contribution < 1.29 is 22.7 Å². The van der Waals surface area contributed by atoms with Gasteiger partial charge in [-0.3, -0.25) is 13.9 Å². The Bertz CT molecular complexity index is 1220. The first kappa shape index (κ1) is 29.5. The minimum absolute atomic E-state index is 0.0986. The molecular weight excluding hydrogens is 502 g/mol. The number of carbonyl (C=O) groups is 2. The zero-order valence-electron chi connectivity index (χ0n) is 23.2. The lowest BCUT2D eigenvalue weighted by Crippen LogP contribution is -2.54. The third kappa shape index (κ3) is 7.72. The first-order valence-corrected chi connectivity index (χ1v) is 15.2. The van der Waals surface area contributed by atoms with Gasteiger partial charge in [0.15, 0.2) is 0 Å². The number of ether oxygens (including phenoxy) is 1. The first-order valence-electron chi connectivity index (χ1n) is 13.3. The first-order chi connectivity index (χ1) is 18.0. The van der Waals surface area contributed by atoms with Crippen molar-refractivity contribution in [3.63, 3.8) is 0 Å². The van der Waals surface area contributed by atoms with E-state index < -0.39 is 28.5 Å². The Morgan fingerprint density at radius 1 is 1.08 bits per heavy atom. The largest absolute Gasteiger partial charge is 0.497 e. The van der Waals surface area contributed by atoms with Gasteiger partial charge < -0.3 is 15.0 Å². The molecule has 8 nitrogen and oxygen atoms in total. The predicted octanol–water partition coefficient (Wildman–Crippen LogP) is 4.33. The van der Waals surface area contributed by atoms with Crippen LogP contribution in [0, 0.1) is 13.8 Å². The average molecular weight is 544 g/mol. The average Bonchev–Trinajstić information content (AvgIpc) is 2.88. The Balaban J connectivity index is 1.96. The normalized spacial score (nSPS) is 15.0. The number of benzene rings is 2. The molecule has 2 aromatic carbocycles. The number of sulfonamides is 1. The SMILES string of the molecule is CC[C@@H](C(=O)NC1CCCCC1)N(Cc1cccc(OC)c1)C(=O)CN(c1cc(C)ccc1C)S(C)(=O)=O. The monoisotopic (exact) mass is 543 g/mol. The molecule has 2 amide bonds. The van der Waals surface area contributed by atoms with Crippen molar-refractivity contribution in [1.82, 2.24) is 10.2 Å². The van der Waals surface area contributed by atoms with Gasteiger partial charge in [0.1, 0.15) is 18.3 Å². The van der Waals surface area contributed by atoms with Crippen molar-refractivity contribution in [3.05, 3.63) is 59.2 Å². The van der Waals surface area contributed by atoms with Crippen molar-refractivity contribution >= 4 is 27.5 Å². The van der Waals surface area contributed by atoms with Crippen LogP contribution in [0.25, 0.3) is 0 Å². The number of hydrogen-bond donors (Lipinski definition) is 1. The third-order valence-corrected chi connectivity index (χ3v) is 8.26. The topological polar surface area (TPSA) is 96.0 Å². The van der Waals surface area contributed by atoms with Crippen LogP contribution in [0.1, 0.15) is 62.1 Å². The number of rotatable bonds is 11. The molecule has 0 spiro atoms. The molecule has 1 fully saturated rings. The lowest BCUT2D eigenvalue weighted by atomic mass is 9.95. The van der Waals surface area contributed by atoms with Crippen LogP contribution in [0.15, 0.2) is 42.5 Å². The second-order valence-electron chi connectivity index (χ2n) is 10.2. The molecule has 0 saturated heterocycles. The zero-order chi connectivity index (χ0) is 27.9. The van der Waals surface area contributed by atoms with Crippen LogP contribution in [0.5, 0.6) is 5.75 Å². The van der Waals surface area contributed by atoms with Crippen LogP contribution >= 0.6 is 0 Å². The van der Waals surface area contributed by atoms with E-state index in [2.05, 4.69) is 5.32 Å². The molecule has 1 atom stereocenters. The number of aryl methyl sites for hydroxylation is 2. The summed E-state index contributed by atoms with van der Waals surface area (Å²) in [6, 6.07) is 12.2. The van der Waals surface area contributed by atoms with Crippen LogP contribution in [0.4, 0.5) is 5.69 Å². The van der Waals surface area contributed by atoms with Crippen LogP contribution in [-0.2, 0) is 26.2 Å². The second-order valence-corrected chi connectivity index (χ2v) is 12.1. The molecule has 3 rings (SSSR count). The summed E-state index contributed by atoms with van der Waals surface area (Å²) in [7, 11) is -2.21. The Hall–Kier alpha value is -3.07. The molecule has 0 aromatic heterocycles. The van der Waals surface area contributed by atoms with Crippen LogP contribution in [-0.4, -0.2) is 57.1 Å². The summed E-state index contributed by atoms with van der Waals surface area (Å²) in [5, 5.41) is 3.16. The van der Waals surface area contributed by atoms with E-state index in [1.807, 2.05) is 57.2 Å². The Kier molecular flexibility index (Phi) is 10.2. The van der Waals surface area contributed by atoms with Gasteiger partial charge in [-0.2, -0.15) is 0 Å². The molecule has 0 bridgehead atoms. The maximum Gasteiger partial charge on any atom is 0.244 e.